The molecule has 3 aliphatic rings. The predicted octanol–water partition coefficient (Wildman–Crippen LogP) is 0.724. The molecule has 0 radical (unpaired) electrons. The van der Waals surface area contributed by atoms with Crippen LogP contribution in [0.25, 0.3) is 11.0 Å². The number of halogens is 1. The monoisotopic (exact) mass is 495 g/mol. The molecule has 0 bridgehead atoms. The van der Waals surface area contributed by atoms with Crippen LogP contribution in [0.1, 0.15) is 55.6 Å². The predicted molar refractivity (Wildman–Crippen MR) is 105 cm³/mol. The second kappa shape index (κ2) is 6.24. The number of amides is 1. The van der Waals surface area contributed by atoms with Crippen molar-refractivity contribution in [3.8, 4) is 0 Å². The number of carbonyl (C=O) groups is 1. The van der Waals surface area contributed by atoms with Crippen molar-refractivity contribution >= 4 is 23.1 Å². The number of rotatable bonds is 2. The van der Waals surface area contributed by atoms with E-state index in [1.54, 1.807) is 0 Å². The first-order valence-electron chi connectivity index (χ1n) is 10.1. The van der Waals surface area contributed by atoms with Crippen molar-refractivity contribution in [2.24, 2.45) is 5.41 Å². The average Bonchev–Trinajstić information content (AvgIpc) is 3.22. The van der Waals surface area contributed by atoms with Gasteiger partial charge in [-0.15, -0.1) is 0 Å². The number of benzene rings is 1. The summed E-state index contributed by atoms with van der Waals surface area (Å²) in [5.41, 5.74) is 9.84. The topological polar surface area (TPSA) is 73.4 Å². The summed E-state index contributed by atoms with van der Waals surface area (Å²) in [6.07, 6.45) is 2.98. The second-order valence-corrected chi connectivity index (χ2v) is 12.8. The summed E-state index contributed by atoms with van der Waals surface area (Å²) >= 11 is 0.340. The first-order valence-corrected chi connectivity index (χ1v) is 12.8. The van der Waals surface area contributed by atoms with Crippen LogP contribution in [0, 0.1) is 5.41 Å². The number of nitrogens with zero attached hydrogens (tertiary/aromatic N) is 3. The molecule has 1 aliphatic carbocycles. The molecule has 6 nitrogen and oxygen atoms in total. The maximum absolute atomic E-state index is 12.4. The van der Waals surface area contributed by atoms with Crippen molar-refractivity contribution in [2.45, 2.75) is 55.6 Å². The number of para-hydroxylation sites is 1. The van der Waals surface area contributed by atoms with Crippen molar-refractivity contribution in [1.29, 1.82) is 0 Å². The molecule has 2 saturated heterocycles. The number of imidazole rings is 1. The molecule has 3 fully saturated rings. The van der Waals surface area contributed by atoms with Gasteiger partial charge in [-0.25, -0.2) is 0 Å². The Morgan fingerprint density at radius 2 is 2.11 bits per heavy atom. The Hall–Kier alpha value is -1.51. The SMILES string of the molecule is CC(C)(C)OC(=O)N1CCC2(CC(n3c(N)nc4c(C5C[I-]5)cccc43)C2)C1. The number of carbonyl (C=O) groups excluding carboxylic acids is 1. The van der Waals surface area contributed by atoms with Gasteiger partial charge in [-0.3, -0.25) is 0 Å². The van der Waals surface area contributed by atoms with Gasteiger partial charge in [-0.05, 0) is 20.8 Å². The zero-order chi connectivity index (χ0) is 19.7. The van der Waals surface area contributed by atoms with Crippen LogP contribution >= 0.6 is 0 Å². The number of fused-ring (bicyclic) bond motifs is 1. The fourth-order valence-corrected chi connectivity index (χ4v) is 6.58. The maximum atomic E-state index is 12.4. The summed E-state index contributed by atoms with van der Waals surface area (Å²) in [5.74, 6) is 0.642. The normalized spacial score (nSPS) is 29.6. The molecule has 2 aromatic rings. The van der Waals surface area contributed by atoms with E-state index in [9.17, 15) is 4.79 Å². The average molecular weight is 495 g/mol. The zero-order valence-corrected chi connectivity index (χ0v) is 18.9. The molecule has 3 heterocycles. The Labute approximate surface area is 176 Å². The van der Waals surface area contributed by atoms with Gasteiger partial charge in [0.05, 0.1) is 0 Å². The van der Waals surface area contributed by atoms with Gasteiger partial charge >= 0.3 is 150 Å². The molecular weight excluding hydrogens is 467 g/mol. The fraction of sp³-hybridized carbons (Fsp3) is 0.619. The molecule has 2 aliphatic heterocycles. The number of ether oxygens (including phenoxy) is 1. The minimum atomic E-state index is -0.444. The summed E-state index contributed by atoms with van der Waals surface area (Å²) < 4.78 is 9.95. The number of likely N-dealkylation sites (tertiary alicyclic amines) is 1. The second-order valence-electron chi connectivity index (χ2n) is 9.55. The summed E-state index contributed by atoms with van der Waals surface area (Å²) in [5, 5.41) is 0. The quantitative estimate of drug-likeness (QED) is 0.493. The van der Waals surface area contributed by atoms with E-state index in [-0.39, 0.29) is 11.5 Å². The molecule has 1 aromatic carbocycles. The molecule has 7 heteroatoms. The fourth-order valence-electron chi connectivity index (χ4n) is 4.88. The Morgan fingerprint density at radius 3 is 2.79 bits per heavy atom. The van der Waals surface area contributed by atoms with E-state index >= 15 is 0 Å². The van der Waals surface area contributed by atoms with Crippen LogP contribution in [0.15, 0.2) is 18.2 Å². The molecule has 28 heavy (non-hydrogen) atoms. The summed E-state index contributed by atoms with van der Waals surface area (Å²) in [6, 6.07) is 6.93. The van der Waals surface area contributed by atoms with Gasteiger partial charge in [-0.2, -0.15) is 0 Å². The van der Waals surface area contributed by atoms with Crippen LogP contribution in [0.3, 0.4) is 0 Å². The van der Waals surface area contributed by atoms with Gasteiger partial charge in [0.25, 0.3) is 0 Å². The molecule has 5 rings (SSSR count). The Balaban J connectivity index is 1.32. The van der Waals surface area contributed by atoms with E-state index in [1.807, 2.05) is 25.7 Å². The molecule has 152 valence electrons. The van der Waals surface area contributed by atoms with Crippen molar-refractivity contribution in [3.05, 3.63) is 23.8 Å². The third kappa shape index (κ3) is 3.15. The minimum absolute atomic E-state index is 0.183. The zero-order valence-electron chi connectivity index (χ0n) is 16.7. The third-order valence-electron chi connectivity index (χ3n) is 6.22. The van der Waals surface area contributed by atoms with Crippen molar-refractivity contribution < 1.29 is 30.7 Å². The molecule has 1 spiro atoms. The number of hydrogen-bond acceptors (Lipinski definition) is 4. The summed E-state index contributed by atoms with van der Waals surface area (Å²) in [4.78, 5) is 19.0. The van der Waals surface area contributed by atoms with Crippen LogP contribution in [-0.2, 0) is 4.74 Å². The number of anilines is 1. The van der Waals surface area contributed by atoms with Gasteiger partial charge in [0.2, 0.25) is 0 Å². The Bertz CT molecular complexity index is 938. The number of nitrogens with two attached hydrogens (primary N) is 1. The molecule has 1 amide bonds. The molecule has 1 unspecified atom stereocenters. The molecular formula is C21H28IN4O2-. The first kappa shape index (κ1) is 18.5. The van der Waals surface area contributed by atoms with E-state index < -0.39 is 5.60 Å². The van der Waals surface area contributed by atoms with E-state index in [0.717, 1.165) is 41.8 Å². The number of aromatic nitrogens is 2. The molecule has 1 atom stereocenters. The van der Waals surface area contributed by atoms with Crippen molar-refractivity contribution in [1.82, 2.24) is 14.5 Å². The van der Waals surface area contributed by atoms with Crippen LogP contribution in [0.5, 0.6) is 0 Å². The summed E-state index contributed by atoms with van der Waals surface area (Å²) in [6.45, 7) is 7.34. The van der Waals surface area contributed by atoms with Crippen molar-refractivity contribution in [2.75, 3.05) is 23.3 Å². The van der Waals surface area contributed by atoms with Crippen LogP contribution in [-0.4, -0.2) is 43.7 Å². The van der Waals surface area contributed by atoms with E-state index in [1.165, 1.54) is 15.5 Å². The molecule has 1 aromatic heterocycles. The Kier molecular flexibility index (Phi) is 4.13. The van der Waals surface area contributed by atoms with Gasteiger partial charge < -0.3 is 0 Å². The van der Waals surface area contributed by atoms with Crippen LogP contribution in [0.4, 0.5) is 10.7 Å². The summed E-state index contributed by atoms with van der Waals surface area (Å²) in [7, 11) is 0. The standard InChI is InChI=1S/C21H28IN4O2/c1-20(2,3)28-19(27)25-8-7-21(12-25)9-13(10-21)26-16-6-4-5-14(15-11-22-15)17(16)24-18(26)23/h4-6,13,15H,7-12H2,1-3H3,(H2,23,24)/q-1. The van der Waals surface area contributed by atoms with Gasteiger partial charge in [-0.1, -0.05) is 0 Å². The van der Waals surface area contributed by atoms with E-state index in [2.05, 4.69) is 22.8 Å². The van der Waals surface area contributed by atoms with Gasteiger partial charge in [0.1, 0.15) is 5.60 Å². The van der Waals surface area contributed by atoms with Crippen LogP contribution in [0.2, 0.25) is 0 Å². The van der Waals surface area contributed by atoms with Crippen molar-refractivity contribution in [3.63, 3.8) is 0 Å². The van der Waals surface area contributed by atoms with Gasteiger partial charge in [0.15, 0.2) is 0 Å². The molecule has 2 N–H and O–H groups in total. The third-order valence-corrected chi connectivity index (χ3v) is 8.65. The van der Waals surface area contributed by atoms with Crippen LogP contribution < -0.4 is 26.9 Å². The number of nitrogen functional groups attached to an aromatic ring is 1. The van der Waals surface area contributed by atoms with Gasteiger partial charge in [0, 0.05) is 0 Å². The number of hydrogen-bond donors (Lipinski definition) is 1. The molecule has 1 saturated carbocycles. The number of alkyl halides is 2. The van der Waals surface area contributed by atoms with E-state index in [4.69, 9.17) is 15.5 Å². The van der Waals surface area contributed by atoms with E-state index in [0.29, 0.717) is 33.2 Å². The Morgan fingerprint density at radius 1 is 1.36 bits per heavy atom. The first-order chi connectivity index (χ1) is 13.2.